The molecule has 0 saturated carbocycles. The molecule has 0 aromatic rings. The maximum Gasteiger partial charge on any atom is 0.350 e. The Balaban J connectivity index is 2.80. The minimum atomic E-state index is -4.41. The Morgan fingerprint density at radius 1 is 1.43 bits per heavy atom. The normalized spacial score (nSPS) is 24.1. The lowest BCUT2D eigenvalue weighted by molar-refractivity contribution is 0.191. The van der Waals surface area contributed by atoms with Gasteiger partial charge in [0, 0.05) is 25.2 Å². The summed E-state index contributed by atoms with van der Waals surface area (Å²) in [6.45, 7) is 4.15. The van der Waals surface area contributed by atoms with Gasteiger partial charge in [-0.05, 0) is 13.8 Å². The van der Waals surface area contributed by atoms with E-state index in [9.17, 15) is 17.2 Å². The van der Waals surface area contributed by atoms with E-state index in [1.54, 1.807) is 13.8 Å². The van der Waals surface area contributed by atoms with Crippen LogP contribution < -0.4 is 5.32 Å². The molecule has 1 saturated heterocycles. The molecule has 7 heteroatoms. The van der Waals surface area contributed by atoms with Crippen molar-refractivity contribution in [1.29, 1.82) is 0 Å². The number of alkyl halides is 2. The van der Waals surface area contributed by atoms with E-state index in [4.69, 9.17) is 0 Å². The molecule has 1 heterocycles. The van der Waals surface area contributed by atoms with Crippen molar-refractivity contribution in [3.8, 4) is 0 Å². The van der Waals surface area contributed by atoms with Crippen LogP contribution in [0.4, 0.5) is 8.78 Å². The number of nitrogens with zero attached hydrogens (tertiary/aromatic N) is 1. The summed E-state index contributed by atoms with van der Waals surface area (Å²) >= 11 is 0. The van der Waals surface area contributed by atoms with Crippen LogP contribution in [0.5, 0.6) is 0 Å². The summed E-state index contributed by atoms with van der Waals surface area (Å²) in [5.74, 6) is -3.32. The molecule has 0 bridgehead atoms. The van der Waals surface area contributed by atoms with E-state index in [2.05, 4.69) is 5.32 Å². The van der Waals surface area contributed by atoms with Crippen LogP contribution in [0.15, 0.2) is 0 Å². The Morgan fingerprint density at radius 3 is 2.43 bits per heavy atom. The first-order chi connectivity index (χ1) is 6.26. The van der Waals surface area contributed by atoms with Gasteiger partial charge in [0.2, 0.25) is 0 Å². The minimum absolute atomic E-state index is 0.0830. The van der Waals surface area contributed by atoms with Gasteiger partial charge in [-0.2, -0.15) is 13.1 Å². The third-order valence-corrected chi connectivity index (χ3v) is 3.60. The first-order valence-electron chi connectivity index (χ1n) is 4.28. The fraction of sp³-hybridized carbons (Fsp3) is 1.00. The molecule has 1 fully saturated rings. The predicted octanol–water partition coefficient (Wildman–Crippen LogP) is 0.223. The zero-order valence-electron chi connectivity index (χ0n) is 8.13. The van der Waals surface area contributed by atoms with Crippen LogP contribution in [0, 0.1) is 0 Å². The Bertz CT molecular complexity index is 303. The number of sulfonamides is 1. The average molecular weight is 228 g/mol. The Labute approximate surface area is 82.3 Å². The van der Waals surface area contributed by atoms with Crippen molar-refractivity contribution in [2.75, 3.05) is 19.6 Å². The van der Waals surface area contributed by atoms with Crippen LogP contribution in [0.1, 0.15) is 13.8 Å². The van der Waals surface area contributed by atoms with Gasteiger partial charge in [0.15, 0.2) is 0 Å². The molecular formula is C7H14F2N2O2S. The number of nitrogens with one attached hydrogen (secondary N) is 1. The molecule has 0 radical (unpaired) electrons. The first-order valence-corrected chi connectivity index (χ1v) is 5.78. The minimum Gasteiger partial charge on any atom is -0.309 e. The molecule has 4 nitrogen and oxygen atoms in total. The number of hydrogen-bond acceptors (Lipinski definition) is 3. The zero-order chi connectivity index (χ0) is 11.0. The Morgan fingerprint density at radius 2 is 2.00 bits per heavy atom. The molecule has 0 atom stereocenters. The molecule has 0 unspecified atom stereocenters. The van der Waals surface area contributed by atoms with E-state index < -0.39 is 21.3 Å². The van der Waals surface area contributed by atoms with Crippen molar-refractivity contribution in [1.82, 2.24) is 9.62 Å². The molecular weight excluding hydrogens is 214 g/mol. The second-order valence-electron chi connectivity index (χ2n) is 3.95. The average Bonchev–Trinajstić information content (AvgIpc) is 2.02. The van der Waals surface area contributed by atoms with Gasteiger partial charge in [-0.15, -0.1) is 0 Å². The van der Waals surface area contributed by atoms with Crippen molar-refractivity contribution in [3.05, 3.63) is 0 Å². The quantitative estimate of drug-likeness (QED) is 0.735. The molecule has 0 amide bonds. The zero-order valence-corrected chi connectivity index (χ0v) is 8.94. The summed E-state index contributed by atoms with van der Waals surface area (Å²) < 4.78 is 47.5. The van der Waals surface area contributed by atoms with E-state index in [0.717, 1.165) is 4.31 Å². The maximum atomic E-state index is 12.2. The van der Waals surface area contributed by atoms with Crippen molar-refractivity contribution >= 4 is 10.0 Å². The van der Waals surface area contributed by atoms with Crippen LogP contribution >= 0.6 is 0 Å². The highest BCUT2D eigenvalue weighted by Gasteiger charge is 2.37. The third-order valence-electron chi connectivity index (χ3n) is 2.12. The highest BCUT2D eigenvalue weighted by molar-refractivity contribution is 7.89. The third kappa shape index (κ3) is 2.40. The van der Waals surface area contributed by atoms with Crippen molar-refractivity contribution in [3.63, 3.8) is 0 Å². The van der Waals surface area contributed by atoms with Gasteiger partial charge >= 0.3 is 5.76 Å². The summed E-state index contributed by atoms with van der Waals surface area (Å²) in [7, 11) is -4.41. The summed E-state index contributed by atoms with van der Waals surface area (Å²) in [6, 6.07) is 0. The van der Waals surface area contributed by atoms with Crippen LogP contribution in [-0.2, 0) is 10.0 Å². The summed E-state index contributed by atoms with van der Waals surface area (Å²) in [5.41, 5.74) is -0.444. The molecule has 0 aromatic heterocycles. The van der Waals surface area contributed by atoms with Crippen LogP contribution in [0.2, 0.25) is 0 Å². The van der Waals surface area contributed by atoms with E-state index in [1.807, 2.05) is 0 Å². The molecule has 1 N–H and O–H groups in total. The molecule has 0 spiro atoms. The van der Waals surface area contributed by atoms with Gasteiger partial charge in [-0.1, -0.05) is 0 Å². The van der Waals surface area contributed by atoms with Crippen LogP contribution in [0.3, 0.4) is 0 Å². The molecule has 1 aliphatic rings. The summed E-state index contributed by atoms with van der Waals surface area (Å²) in [5, 5.41) is 3.05. The highest BCUT2D eigenvalue weighted by atomic mass is 32.2. The summed E-state index contributed by atoms with van der Waals surface area (Å²) in [6.07, 6.45) is 0. The SMILES string of the molecule is CC1(C)CN(S(=O)(=O)C(F)F)CCN1. The Kier molecular flexibility index (Phi) is 3.13. The number of halogens is 2. The predicted molar refractivity (Wildman–Crippen MR) is 48.6 cm³/mol. The van der Waals surface area contributed by atoms with Gasteiger partial charge in [0.05, 0.1) is 0 Å². The Hall–Kier alpha value is -0.270. The monoisotopic (exact) mass is 228 g/mol. The number of hydrogen-bond donors (Lipinski definition) is 1. The largest absolute Gasteiger partial charge is 0.350 e. The smallest absolute Gasteiger partial charge is 0.309 e. The molecule has 0 aliphatic carbocycles. The number of rotatable bonds is 2. The van der Waals surface area contributed by atoms with Gasteiger partial charge in [0.25, 0.3) is 10.0 Å². The van der Waals surface area contributed by atoms with Crippen molar-refractivity contribution in [2.24, 2.45) is 0 Å². The molecule has 1 rings (SSSR count). The second kappa shape index (κ2) is 3.71. The van der Waals surface area contributed by atoms with E-state index in [1.165, 1.54) is 0 Å². The highest BCUT2D eigenvalue weighted by Crippen LogP contribution is 2.18. The van der Waals surface area contributed by atoms with E-state index in [0.29, 0.717) is 6.54 Å². The van der Waals surface area contributed by atoms with Crippen LogP contribution in [0.25, 0.3) is 0 Å². The fourth-order valence-electron chi connectivity index (χ4n) is 1.42. The maximum absolute atomic E-state index is 12.2. The lowest BCUT2D eigenvalue weighted by Crippen LogP contribution is -2.59. The topological polar surface area (TPSA) is 49.4 Å². The van der Waals surface area contributed by atoms with Gasteiger partial charge in [0.1, 0.15) is 0 Å². The molecule has 1 aliphatic heterocycles. The van der Waals surface area contributed by atoms with E-state index in [-0.39, 0.29) is 13.1 Å². The van der Waals surface area contributed by atoms with Crippen LogP contribution in [-0.4, -0.2) is 43.7 Å². The van der Waals surface area contributed by atoms with Gasteiger partial charge in [-0.25, -0.2) is 8.42 Å². The fourth-order valence-corrected chi connectivity index (χ4v) is 2.50. The summed E-state index contributed by atoms with van der Waals surface area (Å²) in [4.78, 5) is 0. The van der Waals surface area contributed by atoms with Crippen molar-refractivity contribution in [2.45, 2.75) is 25.1 Å². The molecule has 84 valence electrons. The second-order valence-corrected chi connectivity index (χ2v) is 5.85. The van der Waals surface area contributed by atoms with Crippen molar-refractivity contribution < 1.29 is 17.2 Å². The standard InChI is InChI=1S/C7H14F2N2O2S/c1-7(2)5-11(4-3-10-7)14(12,13)6(8)9/h6,10H,3-5H2,1-2H3. The molecule has 0 aromatic carbocycles. The van der Waals surface area contributed by atoms with Gasteiger partial charge in [-0.3, -0.25) is 0 Å². The first kappa shape index (κ1) is 11.8. The number of piperazine rings is 1. The lowest BCUT2D eigenvalue weighted by atomic mass is 10.0. The van der Waals surface area contributed by atoms with Gasteiger partial charge < -0.3 is 5.32 Å². The molecule has 14 heavy (non-hydrogen) atoms. The van der Waals surface area contributed by atoms with E-state index >= 15 is 0 Å². The lowest BCUT2D eigenvalue weighted by Gasteiger charge is -2.37.